The fourth-order valence-corrected chi connectivity index (χ4v) is 10.3. The third kappa shape index (κ3) is 21.3. The number of piperazine rings is 1. The van der Waals surface area contributed by atoms with Gasteiger partial charge in [0.25, 0.3) is 0 Å². The first-order valence-corrected chi connectivity index (χ1v) is 27.5. The molecule has 0 spiro atoms. The number of unbranched alkanes of at least 4 members (excludes halogenated alkanes) is 1. The first kappa shape index (κ1) is 63.5. The van der Waals surface area contributed by atoms with Crippen molar-refractivity contribution >= 4 is 59.4 Å². The van der Waals surface area contributed by atoms with E-state index in [0.29, 0.717) is 100 Å². The van der Waals surface area contributed by atoms with Crippen LogP contribution in [0.5, 0.6) is 0 Å². The molecule has 0 bridgehead atoms. The molecule has 2 unspecified atom stereocenters. The highest BCUT2D eigenvalue weighted by Gasteiger charge is 2.29. The van der Waals surface area contributed by atoms with Gasteiger partial charge in [0.05, 0.1) is 45.2 Å². The molecule has 2 fully saturated rings. The summed E-state index contributed by atoms with van der Waals surface area (Å²) in [5, 5.41) is 75.3. The third-order valence-corrected chi connectivity index (χ3v) is 14.6. The monoisotopic (exact) mass is 1150 g/mol. The Morgan fingerprint density at radius 3 is 1.70 bits per heavy atom. The van der Waals surface area contributed by atoms with E-state index in [4.69, 9.17) is 15.0 Å². The minimum absolute atomic E-state index is 0.117. The van der Waals surface area contributed by atoms with Crippen LogP contribution in [0.15, 0.2) is 49.1 Å². The van der Waals surface area contributed by atoms with Gasteiger partial charge in [-0.2, -0.15) is 15.0 Å². The molecule has 29 nitrogen and oxygen atoms in total. The second kappa shape index (κ2) is 32.1. The molecular weight excluding hydrogens is 1070 g/mol. The number of hydrogen-bond donors (Lipinski definition) is 9. The number of carboxylic acid groups (broad SMARTS) is 7. The number of carboxylic acids is 7. The van der Waals surface area contributed by atoms with E-state index in [1.54, 1.807) is 32.0 Å². The van der Waals surface area contributed by atoms with Gasteiger partial charge in [-0.1, -0.05) is 25.5 Å². The smallest absolute Gasteiger partial charge is 0.323 e. The fraction of sp³-hybridized carbons (Fsp3) is 0.585. The Morgan fingerprint density at radius 1 is 0.622 bits per heavy atom. The second-order valence-corrected chi connectivity index (χ2v) is 20.7. The molecule has 3 atom stereocenters. The number of aromatic nitrogens is 7. The van der Waals surface area contributed by atoms with Crippen LogP contribution in [0.25, 0.3) is 0 Å². The Labute approximate surface area is 474 Å². The number of imidazole rings is 2. The van der Waals surface area contributed by atoms with E-state index in [9.17, 15) is 69.3 Å². The van der Waals surface area contributed by atoms with E-state index < -0.39 is 60.3 Å². The van der Waals surface area contributed by atoms with Crippen LogP contribution >= 0.6 is 0 Å². The maximum atomic E-state index is 12.8. The Hall–Kier alpha value is -7.70. The topological polar surface area (TPSA) is 379 Å². The highest BCUT2D eigenvalue weighted by molar-refractivity contribution is 5.71. The zero-order valence-corrected chi connectivity index (χ0v) is 46.2. The van der Waals surface area contributed by atoms with E-state index in [1.807, 2.05) is 36.1 Å². The molecule has 29 heteroatoms. The van der Waals surface area contributed by atoms with Gasteiger partial charge in [0.1, 0.15) is 30.6 Å². The van der Waals surface area contributed by atoms with Crippen molar-refractivity contribution in [2.75, 3.05) is 115 Å². The van der Waals surface area contributed by atoms with E-state index in [-0.39, 0.29) is 110 Å². The lowest BCUT2D eigenvalue weighted by atomic mass is 9.90. The maximum absolute atomic E-state index is 12.8. The summed E-state index contributed by atoms with van der Waals surface area (Å²) in [6.07, 6.45) is 9.41. The van der Waals surface area contributed by atoms with Crippen molar-refractivity contribution in [1.29, 1.82) is 0 Å². The zero-order chi connectivity index (χ0) is 59.1. The van der Waals surface area contributed by atoms with Crippen molar-refractivity contribution in [2.45, 2.75) is 90.0 Å². The van der Waals surface area contributed by atoms with Gasteiger partial charge in [0.2, 0.25) is 11.9 Å². The van der Waals surface area contributed by atoms with E-state index in [1.165, 1.54) is 21.5 Å². The SMILES string of the molecule is CCC(CC[C@@H](CCCCN(Cc1nccn1CC(=O)O)Cc1nccn1CC(=O)O)C(=O)O)c1nc(Nc2ccc(CC3CN(CC(=O)O)CCN(CC(=O)O)CCN(CC(=O)O)CCN3CC(=O)O)cc2)nc(N2CCNCC2)n1. The highest BCUT2D eigenvalue weighted by Crippen LogP contribution is 2.29. The van der Waals surface area contributed by atoms with Crippen molar-refractivity contribution in [3.8, 4) is 0 Å². The molecule has 3 aromatic heterocycles. The average Bonchev–Trinajstić information content (AvgIpc) is 4.07. The number of carbonyl (C=O) groups is 7. The van der Waals surface area contributed by atoms with Gasteiger partial charge in [-0.25, -0.2) is 9.97 Å². The molecule has 6 rings (SSSR count). The van der Waals surface area contributed by atoms with Crippen LogP contribution in [0.1, 0.15) is 74.4 Å². The molecule has 2 aliphatic rings. The molecule has 0 amide bonds. The van der Waals surface area contributed by atoms with Crippen LogP contribution in [-0.2, 0) is 66.2 Å². The number of hydrogen-bond acceptors (Lipinski definition) is 20. The van der Waals surface area contributed by atoms with Gasteiger partial charge >= 0.3 is 41.8 Å². The Morgan fingerprint density at radius 2 is 1.16 bits per heavy atom. The summed E-state index contributed by atoms with van der Waals surface area (Å²) in [4.78, 5) is 118. The summed E-state index contributed by atoms with van der Waals surface area (Å²) in [6.45, 7) is 4.82. The lowest BCUT2D eigenvalue weighted by Gasteiger charge is -2.37. The van der Waals surface area contributed by atoms with Crippen LogP contribution < -0.4 is 15.5 Å². The molecule has 0 aliphatic carbocycles. The van der Waals surface area contributed by atoms with E-state index >= 15 is 0 Å². The van der Waals surface area contributed by atoms with Crippen LogP contribution in [0.2, 0.25) is 0 Å². The quantitative estimate of drug-likeness (QED) is 0.0307. The van der Waals surface area contributed by atoms with Gasteiger partial charge in [0, 0.05) is 114 Å². The standard InChI is InChI=1S/C53H77N15O14/c1-2-38(8-9-39(51(81)82)5-3-4-16-63(29-42-55-14-19-67(42)35-48(77)78)30-43-56-15-20-68(43)36-49(79)80)50-58-52(60-53(59-50)65-17-12-54-13-18-65)57-40-10-6-37(7-11-40)27-41-28-64(33-46(73)74)24-23-61(31-44(69)70)21-22-62(32-45(71)72)25-26-66(41)34-47(75)76/h6-7,10-11,14-15,19-20,38-39,41,54H,2-5,8-9,12-13,16-18,21-36H2,1H3,(H,69,70)(H,71,72)(H,73,74)(H,75,76)(H,77,78)(H,79,80)(H,81,82)(H,57,58,59,60)/t38?,39-,41?/m1/s1. The number of rotatable bonds is 32. The summed E-state index contributed by atoms with van der Waals surface area (Å²) < 4.78 is 3.05. The van der Waals surface area contributed by atoms with Crippen molar-refractivity contribution in [3.63, 3.8) is 0 Å². The number of nitrogens with one attached hydrogen (secondary N) is 2. The minimum Gasteiger partial charge on any atom is -0.481 e. The van der Waals surface area contributed by atoms with Crippen LogP contribution in [0.4, 0.5) is 17.6 Å². The maximum Gasteiger partial charge on any atom is 0.323 e. The Kier molecular flexibility index (Phi) is 24.8. The van der Waals surface area contributed by atoms with E-state index in [0.717, 1.165) is 5.56 Å². The highest BCUT2D eigenvalue weighted by atomic mass is 16.4. The van der Waals surface area contributed by atoms with E-state index in [2.05, 4.69) is 25.5 Å². The lowest BCUT2D eigenvalue weighted by Crippen LogP contribution is -2.53. The van der Waals surface area contributed by atoms with Crippen LogP contribution in [0, 0.1) is 5.92 Å². The molecule has 448 valence electrons. The molecule has 82 heavy (non-hydrogen) atoms. The number of aliphatic carboxylic acids is 7. The largest absolute Gasteiger partial charge is 0.481 e. The summed E-state index contributed by atoms with van der Waals surface area (Å²) in [7, 11) is 0. The van der Waals surface area contributed by atoms with Gasteiger partial charge in [-0.05, 0) is 62.8 Å². The normalized spacial score (nSPS) is 17.1. The third-order valence-electron chi connectivity index (χ3n) is 14.6. The van der Waals surface area contributed by atoms with Gasteiger partial charge in [-0.15, -0.1) is 0 Å². The summed E-state index contributed by atoms with van der Waals surface area (Å²) >= 11 is 0. The van der Waals surface area contributed by atoms with Gasteiger partial charge < -0.3 is 60.4 Å². The number of nitrogens with zero attached hydrogens (tertiary/aromatic N) is 13. The zero-order valence-electron chi connectivity index (χ0n) is 46.2. The molecule has 0 saturated carbocycles. The molecule has 2 saturated heterocycles. The predicted octanol–water partition coefficient (Wildman–Crippen LogP) is 0.905. The van der Waals surface area contributed by atoms with Crippen molar-refractivity contribution < 1.29 is 69.3 Å². The molecule has 4 aromatic rings. The average molecular weight is 1150 g/mol. The van der Waals surface area contributed by atoms with Gasteiger partial charge in [-0.3, -0.25) is 58.1 Å². The van der Waals surface area contributed by atoms with Crippen molar-refractivity contribution in [3.05, 3.63) is 72.1 Å². The summed E-state index contributed by atoms with van der Waals surface area (Å²) in [5.41, 5.74) is 1.41. The first-order chi connectivity index (χ1) is 39.3. The molecular formula is C53H77N15O14. The Bertz CT molecular complexity index is 2680. The number of benzene rings is 1. The summed E-state index contributed by atoms with van der Waals surface area (Å²) in [6, 6.07) is 6.81. The molecule has 0 radical (unpaired) electrons. The van der Waals surface area contributed by atoms with Crippen molar-refractivity contribution in [1.82, 2.24) is 63.9 Å². The summed E-state index contributed by atoms with van der Waals surface area (Å²) in [5.74, 6) is -6.03. The molecule has 9 N–H and O–H groups in total. The first-order valence-electron chi connectivity index (χ1n) is 27.5. The second-order valence-electron chi connectivity index (χ2n) is 20.7. The molecule has 5 heterocycles. The predicted molar refractivity (Wildman–Crippen MR) is 295 cm³/mol. The van der Waals surface area contributed by atoms with Crippen LogP contribution in [-0.4, -0.2) is 247 Å². The minimum atomic E-state index is -1.11. The number of anilines is 3. The molecule has 2 aliphatic heterocycles. The lowest BCUT2D eigenvalue weighted by molar-refractivity contribution is -0.142. The Balaban J connectivity index is 1.16. The fourth-order valence-electron chi connectivity index (χ4n) is 10.3. The molecule has 1 aromatic carbocycles. The van der Waals surface area contributed by atoms with Crippen molar-refractivity contribution in [2.24, 2.45) is 5.92 Å². The van der Waals surface area contributed by atoms with Gasteiger partial charge in [0.15, 0.2) is 0 Å². The van der Waals surface area contributed by atoms with Crippen LogP contribution in [0.3, 0.4) is 0 Å².